The normalized spacial score (nSPS) is 12.9. The molecule has 0 aliphatic rings. The molecular weight excluding hydrogens is 793 g/mol. The number of fused-ring (bicyclic) bond motifs is 4. The zero-order valence-corrected chi connectivity index (χ0v) is 38.2. The monoisotopic (exact) mass is 844 g/mol. The van der Waals surface area contributed by atoms with Gasteiger partial charge in [0.15, 0.2) is 0 Å². The molecule has 8 aromatic rings. The summed E-state index contributed by atoms with van der Waals surface area (Å²) in [6.07, 6.45) is 14.0. The Kier molecular flexibility index (Phi) is 12.8. The van der Waals surface area contributed by atoms with Gasteiger partial charge in [-0.2, -0.15) is 8.75 Å². The van der Waals surface area contributed by atoms with Crippen molar-refractivity contribution in [3.8, 4) is 43.2 Å². The Balaban J connectivity index is 1.14. The van der Waals surface area contributed by atoms with Gasteiger partial charge in [-0.05, 0) is 79.5 Å². The van der Waals surface area contributed by atoms with Crippen LogP contribution in [0.2, 0.25) is 0 Å². The zero-order chi connectivity index (χ0) is 39.5. The average molecular weight is 845 g/mol. The van der Waals surface area contributed by atoms with Crippen molar-refractivity contribution in [3.63, 3.8) is 0 Å². The Morgan fingerprint density at radius 3 is 1.65 bits per heavy atom. The van der Waals surface area contributed by atoms with Gasteiger partial charge < -0.3 is 0 Å². The predicted molar refractivity (Wildman–Crippen MR) is 254 cm³/mol. The van der Waals surface area contributed by atoms with E-state index in [2.05, 4.69) is 102 Å². The van der Waals surface area contributed by atoms with Crippen molar-refractivity contribution < 1.29 is 0 Å². The maximum atomic E-state index is 5.44. The van der Waals surface area contributed by atoms with Gasteiger partial charge in [0, 0.05) is 61.4 Å². The smallest absolute Gasteiger partial charge is 0.116 e. The van der Waals surface area contributed by atoms with Crippen LogP contribution in [0.25, 0.3) is 72.2 Å². The number of aromatic nitrogens is 4. The van der Waals surface area contributed by atoms with Crippen molar-refractivity contribution in [2.75, 3.05) is 0 Å². The lowest BCUT2D eigenvalue weighted by atomic mass is 9.95. The molecule has 2 atom stereocenters. The summed E-state index contributed by atoms with van der Waals surface area (Å²) in [6.45, 7) is 13.6. The van der Waals surface area contributed by atoms with Crippen molar-refractivity contribution >= 4 is 97.9 Å². The van der Waals surface area contributed by atoms with Crippen LogP contribution >= 0.6 is 57.1 Å². The Bertz CT molecular complexity index is 2630. The number of unbranched alkanes of at least 4 members (excludes halogenated alkanes) is 2. The average Bonchev–Trinajstić information content (AvgIpc) is 4.07. The maximum absolute atomic E-state index is 5.44. The minimum atomic E-state index is 0.708. The van der Waals surface area contributed by atoms with Gasteiger partial charge in [-0.1, -0.05) is 110 Å². The van der Waals surface area contributed by atoms with Gasteiger partial charge in [0.1, 0.15) is 22.1 Å². The summed E-state index contributed by atoms with van der Waals surface area (Å²) in [7, 11) is 0. The first-order valence-corrected chi connectivity index (χ1v) is 25.1. The maximum Gasteiger partial charge on any atom is 0.116 e. The van der Waals surface area contributed by atoms with Crippen LogP contribution in [0.1, 0.15) is 121 Å². The third-order valence-electron chi connectivity index (χ3n) is 11.5. The molecule has 0 radical (unpaired) electrons. The molecule has 0 saturated carbocycles. The van der Waals surface area contributed by atoms with Crippen LogP contribution < -0.4 is 0 Å². The second-order valence-corrected chi connectivity index (χ2v) is 20.3. The lowest BCUT2D eigenvalue weighted by Crippen LogP contribution is -2.03. The topological polar surface area (TPSA) is 51.6 Å². The van der Waals surface area contributed by atoms with E-state index in [1.165, 1.54) is 113 Å². The molecule has 6 aromatic heterocycles. The fraction of sp³-hybridized carbons (Fsp3) is 0.417. The van der Waals surface area contributed by atoms with Crippen LogP contribution in [0.3, 0.4) is 0 Å². The first-order chi connectivity index (χ1) is 27.9. The molecule has 0 bridgehead atoms. The third kappa shape index (κ3) is 8.36. The summed E-state index contributed by atoms with van der Waals surface area (Å²) in [6, 6.07) is 18.3. The SMILES string of the molecule is CCCCC(CC)CC#Cc1ccc(-c2cc3sc(-c4c5nsnc5c(-c5cc6sc(CC(CC)CCCC)cc6s5)c5nc(CC)c(CC)nc45)cc3s2)cc1. The third-order valence-corrected chi connectivity index (χ3v) is 16.7. The molecule has 57 heavy (non-hydrogen) atoms. The predicted octanol–water partition coefficient (Wildman–Crippen LogP) is 16.0. The van der Waals surface area contributed by atoms with Crippen LogP contribution in [-0.2, 0) is 19.3 Å². The molecule has 0 aliphatic heterocycles. The van der Waals surface area contributed by atoms with Crippen LogP contribution in [0, 0.1) is 23.7 Å². The summed E-state index contributed by atoms with van der Waals surface area (Å²) >= 11 is 8.81. The molecule has 2 aromatic carbocycles. The lowest BCUT2D eigenvalue weighted by molar-refractivity contribution is 0.452. The van der Waals surface area contributed by atoms with E-state index < -0.39 is 0 Å². The molecular formula is C48H52N4S5. The van der Waals surface area contributed by atoms with E-state index in [0.717, 1.165) is 75.3 Å². The van der Waals surface area contributed by atoms with Crippen molar-refractivity contribution in [3.05, 3.63) is 70.4 Å². The number of nitrogens with zero attached hydrogens (tertiary/aromatic N) is 4. The lowest BCUT2D eigenvalue weighted by Gasteiger charge is -2.13. The van der Waals surface area contributed by atoms with E-state index >= 15 is 0 Å². The van der Waals surface area contributed by atoms with E-state index in [4.69, 9.17) is 18.7 Å². The van der Waals surface area contributed by atoms with E-state index in [1.54, 1.807) is 0 Å². The Morgan fingerprint density at radius 2 is 1.11 bits per heavy atom. The highest BCUT2D eigenvalue weighted by molar-refractivity contribution is 7.31. The standard InChI is InChI=1S/C48H52N4S5/c1-7-13-16-29(9-3)18-15-19-31-20-22-32(23-21-31)36-26-39-40(54-36)28-42(56-39)44-46-45(49-34(11-5)35(12-6)50-46)43(47-48(44)52-57-51-47)41-27-38-37(55-41)25-33(53-38)24-30(10-4)17-14-8-2/h20-23,25-30H,7-14,16-18,24H2,1-6H3. The second-order valence-electron chi connectivity index (χ2n) is 15.4. The highest BCUT2D eigenvalue weighted by atomic mass is 32.1. The molecule has 0 amide bonds. The minimum Gasteiger partial charge on any atom is -0.249 e. The van der Waals surface area contributed by atoms with E-state index in [1.807, 2.05) is 45.3 Å². The van der Waals surface area contributed by atoms with E-state index in [0.29, 0.717) is 5.92 Å². The Labute approximate surface area is 358 Å². The highest BCUT2D eigenvalue weighted by Crippen LogP contribution is 2.49. The Hall–Kier alpha value is -3.52. The fourth-order valence-electron chi connectivity index (χ4n) is 8.02. The number of thiophene rings is 4. The number of hydrogen-bond acceptors (Lipinski definition) is 9. The second kappa shape index (κ2) is 18.2. The number of hydrogen-bond donors (Lipinski definition) is 0. The molecule has 0 saturated heterocycles. The van der Waals surface area contributed by atoms with Crippen molar-refractivity contribution in [2.45, 2.75) is 119 Å². The molecule has 0 aliphatic carbocycles. The van der Waals surface area contributed by atoms with Gasteiger partial charge in [0.2, 0.25) is 0 Å². The molecule has 6 heterocycles. The Morgan fingerprint density at radius 1 is 0.579 bits per heavy atom. The van der Waals surface area contributed by atoms with Gasteiger partial charge in [-0.15, -0.1) is 45.3 Å². The summed E-state index contributed by atoms with van der Waals surface area (Å²) in [5.41, 5.74) is 10.4. The van der Waals surface area contributed by atoms with E-state index in [9.17, 15) is 0 Å². The molecule has 2 unspecified atom stereocenters. The van der Waals surface area contributed by atoms with Gasteiger partial charge in [-0.3, -0.25) is 0 Å². The van der Waals surface area contributed by atoms with Crippen molar-refractivity contribution in [1.29, 1.82) is 0 Å². The summed E-state index contributed by atoms with van der Waals surface area (Å²) in [4.78, 5) is 16.0. The van der Waals surface area contributed by atoms with Gasteiger partial charge in [-0.25, -0.2) is 9.97 Å². The number of benzene rings is 2. The minimum absolute atomic E-state index is 0.708. The first kappa shape index (κ1) is 40.3. The van der Waals surface area contributed by atoms with Crippen LogP contribution in [0.4, 0.5) is 0 Å². The largest absolute Gasteiger partial charge is 0.249 e. The molecule has 0 fully saturated rings. The van der Waals surface area contributed by atoms with Crippen molar-refractivity contribution in [1.82, 2.24) is 18.7 Å². The van der Waals surface area contributed by atoms with Crippen LogP contribution in [-0.4, -0.2) is 18.7 Å². The van der Waals surface area contributed by atoms with E-state index in [-0.39, 0.29) is 0 Å². The van der Waals surface area contributed by atoms with Gasteiger partial charge >= 0.3 is 0 Å². The molecule has 8 rings (SSSR count). The molecule has 0 N–H and O–H groups in total. The summed E-state index contributed by atoms with van der Waals surface area (Å²) < 4.78 is 15.3. The summed E-state index contributed by atoms with van der Waals surface area (Å²) in [5, 5.41) is 0. The van der Waals surface area contributed by atoms with Crippen LogP contribution in [0.5, 0.6) is 0 Å². The fourth-order valence-corrected chi connectivity index (χ4v) is 13.6. The summed E-state index contributed by atoms with van der Waals surface area (Å²) in [5.74, 6) is 8.36. The molecule has 4 nitrogen and oxygen atoms in total. The number of rotatable bonds is 16. The van der Waals surface area contributed by atoms with Gasteiger partial charge in [0.25, 0.3) is 0 Å². The zero-order valence-electron chi connectivity index (χ0n) is 34.1. The van der Waals surface area contributed by atoms with Crippen LogP contribution in [0.15, 0.2) is 48.5 Å². The van der Waals surface area contributed by atoms with Crippen molar-refractivity contribution in [2.24, 2.45) is 11.8 Å². The van der Waals surface area contributed by atoms with Gasteiger partial charge in [0.05, 0.1) is 23.1 Å². The quantitative estimate of drug-likeness (QED) is 0.0909. The molecule has 0 spiro atoms. The highest BCUT2D eigenvalue weighted by Gasteiger charge is 2.26. The molecule has 9 heteroatoms. The molecule has 294 valence electrons. The first-order valence-electron chi connectivity index (χ1n) is 21.1. The number of aryl methyl sites for hydroxylation is 2.